The van der Waals surface area contributed by atoms with Crippen LogP contribution in [0.5, 0.6) is 0 Å². The van der Waals surface area contributed by atoms with Gasteiger partial charge in [-0.2, -0.15) is 0 Å². The molecule has 0 unspecified atom stereocenters. The minimum absolute atomic E-state index is 0.0719. The lowest BCUT2D eigenvalue weighted by Gasteiger charge is -2.36. The molecule has 0 aliphatic carbocycles. The number of carbonyl (C=O) groups is 1. The summed E-state index contributed by atoms with van der Waals surface area (Å²) in [6.45, 7) is 2.71. The van der Waals surface area contributed by atoms with E-state index in [1.165, 1.54) is 6.07 Å². The Morgan fingerprint density at radius 1 is 0.963 bits per heavy atom. The van der Waals surface area contributed by atoms with Gasteiger partial charge in [-0.05, 0) is 24.3 Å². The molecule has 0 aromatic heterocycles. The van der Waals surface area contributed by atoms with Crippen molar-refractivity contribution < 1.29 is 13.2 Å². The third kappa shape index (κ3) is 3.52. The summed E-state index contributed by atoms with van der Waals surface area (Å²) >= 11 is 0. The van der Waals surface area contributed by atoms with Crippen LogP contribution in [0.25, 0.3) is 0 Å². The molecule has 140 valence electrons. The first kappa shape index (κ1) is 17.5. The molecule has 1 amide bonds. The van der Waals surface area contributed by atoms with E-state index in [4.69, 9.17) is 0 Å². The topological polar surface area (TPSA) is 82.1 Å². The van der Waals surface area contributed by atoms with Gasteiger partial charge in [-0.15, -0.1) is 0 Å². The summed E-state index contributed by atoms with van der Waals surface area (Å²) in [5, 5.41) is 0. The third-order valence-electron chi connectivity index (χ3n) is 4.79. The molecular weight excluding hydrogens is 364 g/mol. The largest absolute Gasteiger partial charge is 0.368 e. The second-order valence-corrected chi connectivity index (χ2v) is 8.12. The SMILES string of the molecule is O=C(CN=C1NS(=O)(=O)c2ccccc21)N1CCN(c2ccccc2)CC1. The zero-order valence-corrected chi connectivity index (χ0v) is 15.5. The predicted molar refractivity (Wildman–Crippen MR) is 103 cm³/mol. The zero-order chi connectivity index (χ0) is 18.9. The lowest BCUT2D eigenvalue weighted by molar-refractivity contribution is -0.129. The van der Waals surface area contributed by atoms with Crippen molar-refractivity contribution in [1.29, 1.82) is 0 Å². The van der Waals surface area contributed by atoms with E-state index in [1.54, 1.807) is 23.1 Å². The van der Waals surface area contributed by atoms with Crippen molar-refractivity contribution in [1.82, 2.24) is 9.62 Å². The van der Waals surface area contributed by atoms with Gasteiger partial charge < -0.3 is 9.80 Å². The zero-order valence-electron chi connectivity index (χ0n) is 14.7. The van der Waals surface area contributed by atoms with Gasteiger partial charge in [0.05, 0.1) is 4.90 Å². The van der Waals surface area contributed by atoms with Gasteiger partial charge in [-0.25, -0.2) is 8.42 Å². The van der Waals surface area contributed by atoms with E-state index in [0.29, 0.717) is 18.7 Å². The highest BCUT2D eigenvalue weighted by molar-refractivity contribution is 7.90. The van der Waals surface area contributed by atoms with Crippen LogP contribution < -0.4 is 9.62 Å². The molecule has 2 heterocycles. The van der Waals surface area contributed by atoms with Crippen LogP contribution in [0.15, 0.2) is 64.5 Å². The first-order valence-corrected chi connectivity index (χ1v) is 10.3. The second kappa shape index (κ2) is 7.03. The summed E-state index contributed by atoms with van der Waals surface area (Å²) < 4.78 is 26.6. The number of hydrogen-bond acceptors (Lipinski definition) is 5. The van der Waals surface area contributed by atoms with Crippen molar-refractivity contribution in [2.24, 2.45) is 4.99 Å². The quantitative estimate of drug-likeness (QED) is 0.858. The summed E-state index contributed by atoms with van der Waals surface area (Å²) in [6, 6.07) is 16.8. The Bertz CT molecular complexity index is 981. The molecule has 2 aliphatic heterocycles. The van der Waals surface area contributed by atoms with E-state index < -0.39 is 10.0 Å². The highest BCUT2D eigenvalue weighted by Crippen LogP contribution is 2.22. The maximum atomic E-state index is 12.5. The van der Waals surface area contributed by atoms with Crippen molar-refractivity contribution >= 4 is 27.5 Å². The van der Waals surface area contributed by atoms with Crippen LogP contribution in [0.3, 0.4) is 0 Å². The molecule has 0 atom stereocenters. The Morgan fingerprint density at radius 2 is 1.63 bits per heavy atom. The molecule has 1 fully saturated rings. The summed E-state index contributed by atoms with van der Waals surface area (Å²) in [6.07, 6.45) is 0. The van der Waals surface area contributed by atoms with Gasteiger partial charge in [0.25, 0.3) is 10.0 Å². The van der Waals surface area contributed by atoms with Crippen molar-refractivity contribution in [2.75, 3.05) is 37.6 Å². The van der Waals surface area contributed by atoms with Crippen molar-refractivity contribution in [2.45, 2.75) is 4.90 Å². The number of benzene rings is 2. The van der Waals surface area contributed by atoms with Gasteiger partial charge >= 0.3 is 0 Å². The Balaban J connectivity index is 1.39. The van der Waals surface area contributed by atoms with E-state index in [9.17, 15) is 13.2 Å². The normalized spacial score (nSPS) is 19.6. The van der Waals surface area contributed by atoms with E-state index in [2.05, 4.69) is 26.7 Å². The number of para-hydroxylation sites is 1. The number of anilines is 1. The molecule has 1 saturated heterocycles. The maximum Gasteiger partial charge on any atom is 0.263 e. The van der Waals surface area contributed by atoms with Crippen molar-refractivity contribution in [3.05, 3.63) is 60.2 Å². The average molecular weight is 384 g/mol. The number of rotatable bonds is 3. The number of amides is 1. The van der Waals surface area contributed by atoms with E-state index in [-0.39, 0.29) is 23.2 Å². The molecule has 27 heavy (non-hydrogen) atoms. The lowest BCUT2D eigenvalue weighted by Crippen LogP contribution is -2.49. The number of fused-ring (bicyclic) bond motifs is 1. The molecule has 2 aromatic carbocycles. The standard InChI is InChI=1S/C19H20N4O3S/c24-18(23-12-10-22(11-13-23)15-6-2-1-3-7-15)14-20-19-16-8-4-5-9-17(16)27(25,26)21-19/h1-9H,10-14H2,(H,20,21). The van der Waals surface area contributed by atoms with Crippen LogP contribution in [0, 0.1) is 0 Å². The highest BCUT2D eigenvalue weighted by atomic mass is 32.2. The number of aliphatic imine (C=N–C) groups is 1. The van der Waals surface area contributed by atoms with Gasteiger partial charge in [0, 0.05) is 37.4 Å². The summed E-state index contributed by atoms with van der Waals surface area (Å²) in [7, 11) is -3.58. The van der Waals surface area contributed by atoms with Crippen LogP contribution >= 0.6 is 0 Å². The Morgan fingerprint density at radius 3 is 2.37 bits per heavy atom. The molecule has 1 N–H and O–H groups in total. The van der Waals surface area contributed by atoms with Gasteiger partial charge in [-0.1, -0.05) is 30.3 Å². The van der Waals surface area contributed by atoms with Crippen molar-refractivity contribution in [3.8, 4) is 0 Å². The molecule has 8 heteroatoms. The Labute approximate surface area is 158 Å². The summed E-state index contributed by atoms with van der Waals surface area (Å²) in [5.41, 5.74) is 1.67. The van der Waals surface area contributed by atoms with Gasteiger partial charge in [0.15, 0.2) is 0 Å². The molecule has 2 aromatic rings. The number of hydrogen-bond donors (Lipinski definition) is 1. The van der Waals surface area contributed by atoms with Gasteiger partial charge in [0.2, 0.25) is 5.91 Å². The number of carbonyl (C=O) groups excluding carboxylic acids is 1. The second-order valence-electron chi connectivity index (χ2n) is 6.47. The van der Waals surface area contributed by atoms with Gasteiger partial charge in [0.1, 0.15) is 12.4 Å². The van der Waals surface area contributed by atoms with Gasteiger partial charge in [-0.3, -0.25) is 14.5 Å². The van der Waals surface area contributed by atoms with Crippen LogP contribution in [0.1, 0.15) is 5.56 Å². The minimum atomic E-state index is -3.58. The number of nitrogens with one attached hydrogen (secondary N) is 1. The lowest BCUT2D eigenvalue weighted by atomic mass is 10.2. The average Bonchev–Trinajstić information content (AvgIpc) is 2.97. The molecule has 7 nitrogen and oxygen atoms in total. The van der Waals surface area contributed by atoms with Crippen LogP contribution in [-0.4, -0.2) is 57.8 Å². The molecule has 2 aliphatic rings. The fourth-order valence-corrected chi connectivity index (χ4v) is 4.60. The van der Waals surface area contributed by atoms with Crippen molar-refractivity contribution in [3.63, 3.8) is 0 Å². The number of piperazine rings is 1. The monoisotopic (exact) mass is 384 g/mol. The molecule has 0 bridgehead atoms. The predicted octanol–water partition coefficient (Wildman–Crippen LogP) is 1.07. The third-order valence-corrected chi connectivity index (χ3v) is 6.19. The van der Waals surface area contributed by atoms with E-state index in [1.807, 2.05) is 18.2 Å². The number of nitrogens with zero attached hydrogens (tertiary/aromatic N) is 3. The van der Waals surface area contributed by atoms with E-state index in [0.717, 1.165) is 18.8 Å². The number of sulfonamides is 1. The first-order valence-electron chi connectivity index (χ1n) is 8.79. The molecule has 0 radical (unpaired) electrons. The van der Waals surface area contributed by atoms with Crippen LogP contribution in [0.4, 0.5) is 5.69 Å². The van der Waals surface area contributed by atoms with Crippen LogP contribution in [-0.2, 0) is 14.8 Å². The fraction of sp³-hybridized carbons (Fsp3) is 0.263. The van der Waals surface area contributed by atoms with E-state index >= 15 is 0 Å². The smallest absolute Gasteiger partial charge is 0.263 e. The molecule has 0 spiro atoms. The molecule has 4 rings (SSSR count). The summed E-state index contributed by atoms with van der Waals surface area (Å²) in [4.78, 5) is 21.0. The first-order chi connectivity index (χ1) is 13.0. The highest BCUT2D eigenvalue weighted by Gasteiger charge is 2.30. The van der Waals surface area contributed by atoms with Crippen LogP contribution in [0.2, 0.25) is 0 Å². The summed E-state index contributed by atoms with van der Waals surface area (Å²) in [5.74, 6) is 0.140. The minimum Gasteiger partial charge on any atom is -0.368 e. The Kier molecular flexibility index (Phi) is 4.57. The Hall–Kier alpha value is -2.87. The maximum absolute atomic E-state index is 12.5. The fourth-order valence-electron chi connectivity index (χ4n) is 3.35. The molecular formula is C19H20N4O3S. The number of amidine groups is 1. The molecule has 0 saturated carbocycles.